The highest BCUT2D eigenvalue weighted by molar-refractivity contribution is 5.81. The third-order valence-electron chi connectivity index (χ3n) is 3.82. The molecule has 4 heteroatoms. The predicted octanol–water partition coefficient (Wildman–Crippen LogP) is 2.72. The molecule has 0 N–H and O–H groups in total. The van der Waals surface area contributed by atoms with Gasteiger partial charge in [0, 0.05) is 13.1 Å². The van der Waals surface area contributed by atoms with Crippen LogP contribution < -0.4 is 9.47 Å². The van der Waals surface area contributed by atoms with E-state index in [9.17, 15) is 4.79 Å². The van der Waals surface area contributed by atoms with E-state index in [0.717, 1.165) is 25.9 Å². The molecule has 1 aliphatic heterocycles. The van der Waals surface area contributed by atoms with Crippen molar-refractivity contribution in [3.8, 4) is 11.5 Å². The van der Waals surface area contributed by atoms with E-state index in [4.69, 9.17) is 9.47 Å². The van der Waals surface area contributed by atoms with E-state index in [-0.39, 0.29) is 5.91 Å². The lowest BCUT2D eigenvalue weighted by Gasteiger charge is -2.32. The first-order chi connectivity index (χ1) is 9.61. The van der Waals surface area contributed by atoms with Crippen LogP contribution in [0.2, 0.25) is 0 Å². The SMILES string of the molecule is COc1ccccc1O[C@H](C)C(=O)N1CCC(C)CC1. The van der Waals surface area contributed by atoms with Gasteiger partial charge in [-0.3, -0.25) is 4.79 Å². The van der Waals surface area contributed by atoms with Crippen molar-refractivity contribution in [2.45, 2.75) is 32.8 Å². The van der Waals surface area contributed by atoms with Gasteiger partial charge >= 0.3 is 0 Å². The maximum atomic E-state index is 12.4. The van der Waals surface area contributed by atoms with Crippen molar-refractivity contribution in [3.63, 3.8) is 0 Å². The highest BCUT2D eigenvalue weighted by Crippen LogP contribution is 2.27. The molecule has 0 radical (unpaired) electrons. The van der Waals surface area contributed by atoms with Crippen molar-refractivity contribution in [2.24, 2.45) is 5.92 Å². The standard InChI is InChI=1S/C16H23NO3/c1-12-8-10-17(11-9-12)16(18)13(2)20-15-7-5-4-6-14(15)19-3/h4-7,12-13H,8-11H2,1-3H3/t13-/m1/s1. The van der Waals surface area contributed by atoms with Gasteiger partial charge < -0.3 is 14.4 Å². The van der Waals surface area contributed by atoms with Gasteiger partial charge in [-0.15, -0.1) is 0 Å². The monoisotopic (exact) mass is 277 g/mol. The van der Waals surface area contributed by atoms with Gasteiger partial charge in [0.1, 0.15) is 0 Å². The van der Waals surface area contributed by atoms with Crippen molar-refractivity contribution >= 4 is 5.91 Å². The van der Waals surface area contributed by atoms with Gasteiger partial charge in [0.25, 0.3) is 5.91 Å². The van der Waals surface area contributed by atoms with Crippen LogP contribution in [0.15, 0.2) is 24.3 Å². The Morgan fingerprint density at radius 1 is 1.25 bits per heavy atom. The van der Waals surface area contributed by atoms with E-state index in [1.165, 1.54) is 0 Å². The number of rotatable bonds is 4. The van der Waals surface area contributed by atoms with Crippen LogP contribution in [0.3, 0.4) is 0 Å². The fourth-order valence-electron chi connectivity index (χ4n) is 2.44. The molecule has 1 aromatic carbocycles. The minimum Gasteiger partial charge on any atom is -0.493 e. The molecule has 0 unspecified atom stereocenters. The molecule has 20 heavy (non-hydrogen) atoms. The molecular weight excluding hydrogens is 254 g/mol. The van der Waals surface area contributed by atoms with E-state index >= 15 is 0 Å². The molecule has 0 aliphatic carbocycles. The number of amides is 1. The van der Waals surface area contributed by atoms with Crippen LogP contribution in [0.4, 0.5) is 0 Å². The molecule has 1 atom stereocenters. The molecule has 4 nitrogen and oxygen atoms in total. The normalized spacial score (nSPS) is 17.6. The van der Waals surface area contributed by atoms with Crippen LogP contribution in [-0.4, -0.2) is 37.1 Å². The maximum absolute atomic E-state index is 12.4. The fraction of sp³-hybridized carbons (Fsp3) is 0.562. The molecule has 1 saturated heterocycles. The van der Waals surface area contributed by atoms with E-state index < -0.39 is 6.10 Å². The Morgan fingerprint density at radius 3 is 2.45 bits per heavy atom. The minimum atomic E-state index is -0.486. The number of methoxy groups -OCH3 is 1. The van der Waals surface area contributed by atoms with Gasteiger partial charge in [-0.25, -0.2) is 0 Å². The predicted molar refractivity (Wildman–Crippen MR) is 78.1 cm³/mol. The third kappa shape index (κ3) is 3.44. The Bertz CT molecular complexity index is 453. The van der Waals surface area contributed by atoms with Gasteiger partial charge in [0.15, 0.2) is 17.6 Å². The summed E-state index contributed by atoms with van der Waals surface area (Å²) >= 11 is 0. The lowest BCUT2D eigenvalue weighted by Crippen LogP contribution is -2.44. The van der Waals surface area contributed by atoms with Crippen LogP contribution in [0, 0.1) is 5.92 Å². The Kier molecular flexibility index (Phi) is 4.88. The lowest BCUT2D eigenvalue weighted by molar-refractivity contribution is -0.139. The first-order valence-corrected chi connectivity index (χ1v) is 7.20. The van der Waals surface area contributed by atoms with Crippen molar-refractivity contribution in [1.29, 1.82) is 0 Å². The molecule has 2 rings (SSSR count). The second-order valence-corrected chi connectivity index (χ2v) is 5.42. The molecule has 0 saturated carbocycles. The zero-order valence-electron chi connectivity index (χ0n) is 12.5. The summed E-state index contributed by atoms with van der Waals surface area (Å²) in [5.74, 6) is 2.04. The molecule has 0 bridgehead atoms. The topological polar surface area (TPSA) is 38.8 Å². The summed E-state index contributed by atoms with van der Waals surface area (Å²) in [6.07, 6.45) is 1.67. The number of para-hydroxylation sites is 2. The highest BCUT2D eigenvalue weighted by Gasteiger charge is 2.26. The summed E-state index contributed by atoms with van der Waals surface area (Å²) in [6.45, 7) is 5.70. The number of nitrogens with zero attached hydrogens (tertiary/aromatic N) is 1. The van der Waals surface area contributed by atoms with Crippen LogP contribution in [0.25, 0.3) is 0 Å². The molecule has 0 spiro atoms. The second-order valence-electron chi connectivity index (χ2n) is 5.42. The molecule has 0 aromatic heterocycles. The Labute approximate surface area is 120 Å². The lowest BCUT2D eigenvalue weighted by atomic mass is 9.99. The molecule has 1 fully saturated rings. The van der Waals surface area contributed by atoms with Crippen LogP contribution in [0.1, 0.15) is 26.7 Å². The fourth-order valence-corrected chi connectivity index (χ4v) is 2.44. The van der Waals surface area contributed by atoms with Gasteiger partial charge in [0.2, 0.25) is 0 Å². The summed E-state index contributed by atoms with van der Waals surface area (Å²) in [7, 11) is 1.60. The van der Waals surface area contributed by atoms with E-state index in [1.54, 1.807) is 14.0 Å². The Morgan fingerprint density at radius 2 is 1.85 bits per heavy atom. The Balaban J connectivity index is 1.97. The summed E-state index contributed by atoms with van der Waals surface area (Å²) in [6, 6.07) is 7.40. The number of hydrogen-bond acceptors (Lipinski definition) is 3. The van der Waals surface area contributed by atoms with Gasteiger partial charge in [0.05, 0.1) is 7.11 Å². The number of hydrogen-bond donors (Lipinski definition) is 0. The van der Waals surface area contributed by atoms with Crippen LogP contribution in [0.5, 0.6) is 11.5 Å². The zero-order valence-corrected chi connectivity index (χ0v) is 12.5. The van der Waals surface area contributed by atoms with Crippen LogP contribution in [-0.2, 0) is 4.79 Å². The quantitative estimate of drug-likeness (QED) is 0.849. The smallest absolute Gasteiger partial charge is 0.263 e. The zero-order chi connectivity index (χ0) is 14.5. The number of benzene rings is 1. The Hall–Kier alpha value is -1.71. The molecule has 1 aliphatic rings. The number of piperidine rings is 1. The van der Waals surface area contributed by atoms with Gasteiger partial charge in [-0.05, 0) is 37.8 Å². The first-order valence-electron chi connectivity index (χ1n) is 7.20. The minimum absolute atomic E-state index is 0.0582. The third-order valence-corrected chi connectivity index (χ3v) is 3.82. The summed E-state index contributed by atoms with van der Waals surface area (Å²) < 4.78 is 11.0. The average molecular weight is 277 g/mol. The number of carbonyl (C=O) groups excluding carboxylic acids is 1. The highest BCUT2D eigenvalue weighted by atomic mass is 16.5. The molecular formula is C16H23NO3. The molecule has 1 heterocycles. The largest absolute Gasteiger partial charge is 0.493 e. The van der Waals surface area contributed by atoms with Crippen molar-refractivity contribution in [3.05, 3.63) is 24.3 Å². The number of ether oxygens (including phenoxy) is 2. The van der Waals surface area contributed by atoms with E-state index in [2.05, 4.69) is 6.92 Å². The van der Waals surface area contributed by atoms with E-state index in [1.807, 2.05) is 29.2 Å². The molecule has 110 valence electrons. The van der Waals surface area contributed by atoms with Gasteiger partial charge in [-0.2, -0.15) is 0 Å². The van der Waals surface area contributed by atoms with E-state index in [0.29, 0.717) is 17.4 Å². The molecule has 1 aromatic rings. The van der Waals surface area contributed by atoms with Gasteiger partial charge in [-0.1, -0.05) is 19.1 Å². The van der Waals surface area contributed by atoms with Crippen molar-refractivity contribution in [1.82, 2.24) is 4.90 Å². The summed E-state index contributed by atoms with van der Waals surface area (Å²) in [5, 5.41) is 0. The molecule has 1 amide bonds. The second kappa shape index (κ2) is 6.64. The average Bonchev–Trinajstić information content (AvgIpc) is 2.48. The van der Waals surface area contributed by atoms with Crippen LogP contribution >= 0.6 is 0 Å². The maximum Gasteiger partial charge on any atom is 0.263 e. The van der Waals surface area contributed by atoms with Crippen molar-refractivity contribution in [2.75, 3.05) is 20.2 Å². The summed E-state index contributed by atoms with van der Waals surface area (Å²) in [4.78, 5) is 14.3. The van der Waals surface area contributed by atoms with Crippen molar-refractivity contribution < 1.29 is 14.3 Å². The number of likely N-dealkylation sites (tertiary alicyclic amines) is 1. The summed E-state index contributed by atoms with van der Waals surface area (Å²) in [5.41, 5.74) is 0. The first kappa shape index (κ1) is 14.7. The number of carbonyl (C=O) groups is 1.